The summed E-state index contributed by atoms with van der Waals surface area (Å²) in [6.07, 6.45) is 0. The minimum Gasteiger partial charge on any atom is -0.454 e. The lowest BCUT2D eigenvalue weighted by Gasteiger charge is -2.38. The molecular weight excluding hydrogens is 354 g/mol. The fourth-order valence-corrected chi connectivity index (χ4v) is 3.71. The van der Waals surface area contributed by atoms with Crippen LogP contribution in [0.1, 0.15) is 26.3 Å². The van der Waals surface area contributed by atoms with Gasteiger partial charge in [0, 0.05) is 43.6 Å². The van der Waals surface area contributed by atoms with Crippen molar-refractivity contribution >= 4 is 17.4 Å². The van der Waals surface area contributed by atoms with Gasteiger partial charge in [-0.1, -0.05) is 39.0 Å². The Hall–Kier alpha value is -2.89. The van der Waals surface area contributed by atoms with E-state index in [1.807, 2.05) is 17.0 Å². The van der Waals surface area contributed by atoms with E-state index in [4.69, 9.17) is 9.47 Å². The zero-order chi connectivity index (χ0) is 19.7. The average molecular weight is 381 g/mol. The van der Waals surface area contributed by atoms with E-state index in [0.29, 0.717) is 24.6 Å². The molecule has 2 amide bonds. The van der Waals surface area contributed by atoms with E-state index in [-0.39, 0.29) is 18.2 Å². The number of hydrogen-bond acceptors (Lipinski definition) is 4. The van der Waals surface area contributed by atoms with Crippen LogP contribution in [0.4, 0.5) is 16.2 Å². The Morgan fingerprint density at radius 1 is 0.964 bits per heavy atom. The fourth-order valence-electron chi connectivity index (χ4n) is 3.71. The maximum absolute atomic E-state index is 12.7. The number of amides is 2. The molecule has 1 fully saturated rings. The van der Waals surface area contributed by atoms with E-state index in [1.54, 1.807) is 6.07 Å². The SMILES string of the molecule is CC(C)(C)c1ccccc1N1CCN(C(=O)Nc2ccc3c(c2)OCO3)CC1. The van der Waals surface area contributed by atoms with Crippen molar-refractivity contribution in [1.82, 2.24) is 4.90 Å². The third-order valence-corrected chi connectivity index (χ3v) is 5.24. The third kappa shape index (κ3) is 3.72. The number of nitrogens with zero attached hydrogens (tertiary/aromatic N) is 2. The second kappa shape index (κ2) is 7.26. The molecule has 2 aliphatic heterocycles. The summed E-state index contributed by atoms with van der Waals surface area (Å²) >= 11 is 0. The second-order valence-electron chi connectivity index (χ2n) is 8.24. The van der Waals surface area contributed by atoms with Crippen LogP contribution in [0.25, 0.3) is 0 Å². The average Bonchev–Trinajstić information content (AvgIpc) is 3.15. The number of hydrogen-bond donors (Lipinski definition) is 1. The van der Waals surface area contributed by atoms with E-state index in [2.05, 4.69) is 55.3 Å². The van der Waals surface area contributed by atoms with Gasteiger partial charge in [-0.05, 0) is 29.2 Å². The molecule has 2 heterocycles. The van der Waals surface area contributed by atoms with Crippen molar-refractivity contribution in [1.29, 1.82) is 0 Å². The van der Waals surface area contributed by atoms with Crippen LogP contribution >= 0.6 is 0 Å². The molecule has 4 rings (SSSR count). The summed E-state index contributed by atoms with van der Waals surface area (Å²) in [4.78, 5) is 16.9. The van der Waals surface area contributed by atoms with E-state index < -0.39 is 0 Å². The largest absolute Gasteiger partial charge is 0.454 e. The summed E-state index contributed by atoms with van der Waals surface area (Å²) in [7, 11) is 0. The molecule has 1 N–H and O–H groups in total. The van der Waals surface area contributed by atoms with E-state index in [1.165, 1.54) is 11.3 Å². The number of urea groups is 1. The Morgan fingerprint density at radius 3 is 2.43 bits per heavy atom. The fraction of sp³-hybridized carbons (Fsp3) is 0.409. The summed E-state index contributed by atoms with van der Waals surface area (Å²) in [6.45, 7) is 9.96. The van der Waals surface area contributed by atoms with E-state index in [0.717, 1.165) is 18.8 Å². The van der Waals surface area contributed by atoms with Crippen LogP contribution in [-0.2, 0) is 5.41 Å². The van der Waals surface area contributed by atoms with Crippen molar-refractivity contribution in [3.8, 4) is 11.5 Å². The Kier molecular flexibility index (Phi) is 4.79. The Balaban J connectivity index is 1.39. The minimum absolute atomic E-state index is 0.0809. The number of para-hydroxylation sites is 1. The van der Waals surface area contributed by atoms with Crippen LogP contribution in [0.3, 0.4) is 0 Å². The summed E-state index contributed by atoms with van der Waals surface area (Å²) in [6, 6.07) is 13.9. The molecule has 0 aromatic heterocycles. The lowest BCUT2D eigenvalue weighted by Crippen LogP contribution is -2.50. The zero-order valence-corrected chi connectivity index (χ0v) is 16.7. The molecule has 0 spiro atoms. The third-order valence-electron chi connectivity index (χ3n) is 5.24. The van der Waals surface area contributed by atoms with Gasteiger partial charge in [0.2, 0.25) is 6.79 Å². The number of carbonyl (C=O) groups excluding carboxylic acids is 1. The predicted molar refractivity (Wildman–Crippen MR) is 111 cm³/mol. The molecule has 1 saturated heterocycles. The number of piperazine rings is 1. The number of carbonyl (C=O) groups is 1. The van der Waals surface area contributed by atoms with Crippen molar-refractivity contribution in [3.63, 3.8) is 0 Å². The summed E-state index contributed by atoms with van der Waals surface area (Å²) in [5.41, 5.74) is 3.42. The monoisotopic (exact) mass is 381 g/mol. The molecule has 6 nitrogen and oxygen atoms in total. The van der Waals surface area contributed by atoms with Crippen molar-refractivity contribution in [2.75, 3.05) is 43.2 Å². The molecule has 0 unspecified atom stereocenters. The van der Waals surface area contributed by atoms with Gasteiger partial charge in [-0.25, -0.2) is 4.79 Å². The van der Waals surface area contributed by atoms with Gasteiger partial charge >= 0.3 is 6.03 Å². The lowest BCUT2D eigenvalue weighted by atomic mass is 9.85. The minimum atomic E-state index is -0.0809. The molecule has 0 saturated carbocycles. The maximum atomic E-state index is 12.7. The van der Waals surface area contributed by atoms with E-state index in [9.17, 15) is 4.79 Å². The van der Waals surface area contributed by atoms with Gasteiger partial charge in [-0.15, -0.1) is 0 Å². The molecule has 2 aromatic carbocycles. The first-order chi connectivity index (χ1) is 13.4. The van der Waals surface area contributed by atoms with Gasteiger partial charge in [-0.2, -0.15) is 0 Å². The molecule has 0 atom stereocenters. The van der Waals surface area contributed by atoms with Gasteiger partial charge in [0.1, 0.15) is 0 Å². The summed E-state index contributed by atoms with van der Waals surface area (Å²) in [5.74, 6) is 1.38. The Labute approximate surface area is 166 Å². The number of rotatable bonds is 2. The number of benzene rings is 2. The summed E-state index contributed by atoms with van der Waals surface area (Å²) in [5, 5.41) is 2.96. The Morgan fingerprint density at radius 2 is 1.68 bits per heavy atom. The molecule has 2 aromatic rings. The first kappa shape index (κ1) is 18.5. The second-order valence-corrected chi connectivity index (χ2v) is 8.24. The van der Waals surface area contributed by atoms with Gasteiger partial charge in [0.25, 0.3) is 0 Å². The van der Waals surface area contributed by atoms with Gasteiger partial charge in [0.05, 0.1) is 0 Å². The highest BCUT2D eigenvalue weighted by molar-refractivity contribution is 5.90. The molecule has 28 heavy (non-hydrogen) atoms. The van der Waals surface area contributed by atoms with E-state index >= 15 is 0 Å². The number of anilines is 2. The van der Waals surface area contributed by atoms with Crippen molar-refractivity contribution in [3.05, 3.63) is 48.0 Å². The van der Waals surface area contributed by atoms with Crippen molar-refractivity contribution < 1.29 is 14.3 Å². The first-order valence-electron chi connectivity index (χ1n) is 9.72. The van der Waals surface area contributed by atoms with Crippen LogP contribution in [0, 0.1) is 0 Å². The van der Waals surface area contributed by atoms with Crippen LogP contribution in [0.15, 0.2) is 42.5 Å². The normalized spacial score (nSPS) is 16.2. The van der Waals surface area contributed by atoms with Gasteiger partial charge < -0.3 is 24.6 Å². The molecule has 0 aliphatic carbocycles. The summed E-state index contributed by atoms with van der Waals surface area (Å²) < 4.78 is 10.7. The van der Waals surface area contributed by atoms with Crippen LogP contribution < -0.4 is 19.7 Å². The molecule has 6 heteroatoms. The highest BCUT2D eigenvalue weighted by Gasteiger charge is 2.26. The highest BCUT2D eigenvalue weighted by Crippen LogP contribution is 2.35. The molecule has 2 aliphatic rings. The van der Waals surface area contributed by atoms with Crippen LogP contribution in [0.2, 0.25) is 0 Å². The smallest absolute Gasteiger partial charge is 0.321 e. The predicted octanol–water partition coefficient (Wildman–Crippen LogP) is 4.07. The molecule has 148 valence electrons. The number of fused-ring (bicyclic) bond motifs is 1. The zero-order valence-electron chi connectivity index (χ0n) is 16.7. The maximum Gasteiger partial charge on any atom is 0.321 e. The lowest BCUT2D eigenvalue weighted by molar-refractivity contribution is 0.174. The van der Waals surface area contributed by atoms with Crippen molar-refractivity contribution in [2.45, 2.75) is 26.2 Å². The van der Waals surface area contributed by atoms with Crippen molar-refractivity contribution in [2.24, 2.45) is 0 Å². The number of ether oxygens (including phenoxy) is 2. The highest BCUT2D eigenvalue weighted by atomic mass is 16.7. The molecule has 0 radical (unpaired) electrons. The Bertz CT molecular complexity index is 868. The molecular formula is C22H27N3O3. The standard InChI is InChI=1S/C22H27N3O3/c1-22(2,3)17-6-4-5-7-18(17)24-10-12-25(13-11-24)21(26)23-16-8-9-19-20(14-16)28-15-27-19/h4-9,14H,10-13,15H2,1-3H3,(H,23,26). The number of nitrogens with one attached hydrogen (secondary N) is 1. The van der Waals surface area contributed by atoms with Gasteiger partial charge in [-0.3, -0.25) is 0 Å². The van der Waals surface area contributed by atoms with Gasteiger partial charge in [0.15, 0.2) is 11.5 Å². The van der Waals surface area contributed by atoms with Crippen LogP contribution in [0.5, 0.6) is 11.5 Å². The topological polar surface area (TPSA) is 54.0 Å². The molecule has 0 bridgehead atoms. The first-order valence-corrected chi connectivity index (χ1v) is 9.72. The van der Waals surface area contributed by atoms with Crippen LogP contribution in [-0.4, -0.2) is 43.9 Å². The quantitative estimate of drug-likeness (QED) is 0.852.